The van der Waals surface area contributed by atoms with Crippen LogP contribution in [0, 0.1) is 17.5 Å². The topological polar surface area (TPSA) is 32.3 Å². The van der Waals surface area contributed by atoms with E-state index >= 15 is 0 Å². The van der Waals surface area contributed by atoms with Gasteiger partial charge in [0.1, 0.15) is 0 Å². The van der Waals surface area contributed by atoms with Crippen LogP contribution in [0.25, 0.3) is 0 Å². The predicted octanol–water partition coefficient (Wildman–Crippen LogP) is 2.13. The Kier molecular flexibility index (Phi) is 2.72. The van der Waals surface area contributed by atoms with Crippen molar-refractivity contribution in [3.05, 3.63) is 35.1 Å². The van der Waals surface area contributed by atoms with E-state index in [0.717, 1.165) is 0 Å². The average molecular weight is 213 g/mol. The summed E-state index contributed by atoms with van der Waals surface area (Å²) in [6.07, 6.45) is 0. The van der Waals surface area contributed by atoms with Gasteiger partial charge in [-0.3, -0.25) is 0 Å². The zero-order valence-electron chi connectivity index (χ0n) is 6.49. The second kappa shape index (κ2) is 3.50. The van der Waals surface area contributed by atoms with E-state index in [9.17, 15) is 22.0 Å². The van der Waals surface area contributed by atoms with Crippen molar-refractivity contribution in [1.29, 1.82) is 0 Å². The summed E-state index contributed by atoms with van der Waals surface area (Å²) in [5.74, 6) is -5.64. The third kappa shape index (κ3) is 1.68. The molecule has 0 fully saturated rings. The van der Waals surface area contributed by atoms with Gasteiger partial charge in [0.25, 0.3) is 0 Å². The Morgan fingerprint density at radius 2 is 1.64 bits per heavy atom. The first-order chi connectivity index (χ1) is 6.40. The Morgan fingerprint density at radius 3 is 2.14 bits per heavy atom. The van der Waals surface area contributed by atoms with Gasteiger partial charge in [0, 0.05) is 0 Å². The molecule has 0 atom stereocenters. The Bertz CT molecular complexity index is 354. The Morgan fingerprint density at radius 1 is 1.07 bits per heavy atom. The summed E-state index contributed by atoms with van der Waals surface area (Å²) in [4.78, 5) is 0. The van der Waals surface area contributed by atoms with Crippen molar-refractivity contribution in [1.82, 2.24) is 5.48 Å². The zero-order chi connectivity index (χ0) is 10.9. The first-order valence-corrected chi connectivity index (χ1v) is 3.33. The van der Waals surface area contributed by atoms with Crippen LogP contribution in [0.1, 0.15) is 5.56 Å². The SMILES string of the molecule is ONC(F)(F)c1ccc(F)c(F)c1F. The molecule has 0 radical (unpaired) electrons. The number of hydrogen-bond donors (Lipinski definition) is 2. The minimum absolute atomic E-state index is 0.330. The molecular formula is C7H4F5NO. The van der Waals surface area contributed by atoms with E-state index in [-0.39, 0.29) is 0 Å². The molecule has 1 aromatic carbocycles. The highest BCUT2D eigenvalue weighted by Crippen LogP contribution is 2.28. The van der Waals surface area contributed by atoms with E-state index in [1.54, 1.807) is 0 Å². The summed E-state index contributed by atoms with van der Waals surface area (Å²) in [6.45, 7) is 0. The molecule has 2 nitrogen and oxygen atoms in total. The van der Waals surface area contributed by atoms with Crippen LogP contribution in [-0.4, -0.2) is 5.21 Å². The van der Waals surface area contributed by atoms with Gasteiger partial charge in [0.15, 0.2) is 17.5 Å². The first-order valence-electron chi connectivity index (χ1n) is 3.33. The minimum atomic E-state index is -4.17. The first kappa shape index (κ1) is 10.9. The molecule has 0 saturated carbocycles. The highest BCUT2D eigenvalue weighted by Gasteiger charge is 2.35. The van der Waals surface area contributed by atoms with Gasteiger partial charge in [-0.25, -0.2) is 13.2 Å². The van der Waals surface area contributed by atoms with E-state index in [1.165, 1.54) is 0 Å². The molecule has 0 saturated heterocycles. The van der Waals surface area contributed by atoms with Gasteiger partial charge in [-0.15, -0.1) is 5.48 Å². The maximum atomic E-state index is 12.7. The van der Waals surface area contributed by atoms with Gasteiger partial charge < -0.3 is 5.21 Å². The molecule has 7 heteroatoms. The monoisotopic (exact) mass is 213 g/mol. The lowest BCUT2D eigenvalue weighted by molar-refractivity contribution is -0.136. The number of benzene rings is 1. The molecule has 1 rings (SSSR count). The molecular weight excluding hydrogens is 209 g/mol. The molecule has 0 heterocycles. The zero-order valence-corrected chi connectivity index (χ0v) is 6.49. The van der Waals surface area contributed by atoms with Crippen LogP contribution in [0.3, 0.4) is 0 Å². The smallest absolute Gasteiger partial charge is 0.311 e. The molecule has 0 amide bonds. The fourth-order valence-electron chi connectivity index (χ4n) is 0.829. The Hall–Kier alpha value is -1.21. The lowest BCUT2D eigenvalue weighted by Crippen LogP contribution is -2.32. The molecule has 0 aliphatic heterocycles. The number of hydrogen-bond acceptors (Lipinski definition) is 2. The Labute approximate surface area is 74.9 Å². The lowest BCUT2D eigenvalue weighted by atomic mass is 10.1. The fourth-order valence-corrected chi connectivity index (χ4v) is 0.829. The van der Waals surface area contributed by atoms with Crippen LogP contribution in [0.5, 0.6) is 0 Å². The molecule has 14 heavy (non-hydrogen) atoms. The van der Waals surface area contributed by atoms with Crippen LogP contribution in [0.4, 0.5) is 22.0 Å². The van der Waals surface area contributed by atoms with E-state index in [4.69, 9.17) is 5.21 Å². The molecule has 0 spiro atoms. The number of alkyl halides is 2. The standard InChI is InChI=1S/C7H4F5NO/c8-4-2-1-3(5(9)6(4)10)7(11,12)13-14/h1-2,13-14H. The fraction of sp³-hybridized carbons (Fsp3) is 0.143. The summed E-state index contributed by atoms with van der Waals surface area (Å²) in [7, 11) is 0. The molecule has 2 N–H and O–H groups in total. The van der Waals surface area contributed by atoms with Gasteiger partial charge >= 0.3 is 6.05 Å². The van der Waals surface area contributed by atoms with Crippen LogP contribution in [0.2, 0.25) is 0 Å². The molecule has 78 valence electrons. The van der Waals surface area contributed by atoms with Crippen molar-refractivity contribution >= 4 is 0 Å². The minimum Gasteiger partial charge on any atom is -0.311 e. The van der Waals surface area contributed by atoms with E-state index in [0.29, 0.717) is 17.6 Å². The van der Waals surface area contributed by atoms with Gasteiger partial charge in [0.05, 0.1) is 5.56 Å². The predicted molar refractivity (Wildman–Crippen MR) is 35.1 cm³/mol. The molecule has 0 aromatic heterocycles. The highest BCUT2D eigenvalue weighted by atomic mass is 19.3. The summed E-state index contributed by atoms with van der Waals surface area (Å²) in [6, 6.07) is -3.51. The summed E-state index contributed by atoms with van der Waals surface area (Å²) < 4.78 is 62.6. The molecule has 0 unspecified atom stereocenters. The van der Waals surface area contributed by atoms with E-state index in [2.05, 4.69) is 0 Å². The quantitative estimate of drug-likeness (QED) is 0.341. The van der Waals surface area contributed by atoms with Crippen LogP contribution in [0.15, 0.2) is 12.1 Å². The van der Waals surface area contributed by atoms with Crippen molar-refractivity contribution in [2.75, 3.05) is 0 Å². The van der Waals surface area contributed by atoms with E-state index < -0.39 is 29.1 Å². The van der Waals surface area contributed by atoms with Gasteiger partial charge in [0.2, 0.25) is 0 Å². The van der Waals surface area contributed by atoms with E-state index in [1.807, 2.05) is 0 Å². The average Bonchev–Trinajstić information content (AvgIpc) is 2.14. The Balaban J connectivity index is 3.31. The highest BCUT2D eigenvalue weighted by molar-refractivity contribution is 5.23. The second-order valence-corrected chi connectivity index (χ2v) is 2.41. The number of rotatable bonds is 2. The summed E-state index contributed by atoms with van der Waals surface area (Å²) in [5, 5.41) is 7.95. The maximum absolute atomic E-state index is 12.7. The van der Waals surface area contributed by atoms with Crippen LogP contribution in [-0.2, 0) is 6.05 Å². The third-order valence-corrected chi connectivity index (χ3v) is 1.51. The number of halogens is 5. The van der Waals surface area contributed by atoms with Gasteiger partial charge in [-0.2, -0.15) is 8.78 Å². The normalized spacial score (nSPS) is 11.9. The van der Waals surface area contributed by atoms with Crippen molar-refractivity contribution in [3.63, 3.8) is 0 Å². The second-order valence-electron chi connectivity index (χ2n) is 2.41. The molecule has 0 aliphatic rings. The van der Waals surface area contributed by atoms with Crippen LogP contribution >= 0.6 is 0 Å². The largest absolute Gasteiger partial charge is 0.352 e. The van der Waals surface area contributed by atoms with Gasteiger partial charge in [-0.05, 0) is 12.1 Å². The molecule has 0 aliphatic carbocycles. The summed E-state index contributed by atoms with van der Waals surface area (Å²) >= 11 is 0. The molecule has 0 bridgehead atoms. The number of nitrogens with one attached hydrogen (secondary N) is 1. The van der Waals surface area contributed by atoms with Crippen molar-refractivity contribution in [2.24, 2.45) is 0 Å². The number of hydroxylamine groups is 1. The molecule has 1 aromatic rings. The third-order valence-electron chi connectivity index (χ3n) is 1.51. The van der Waals surface area contributed by atoms with Crippen molar-refractivity contribution in [3.8, 4) is 0 Å². The lowest BCUT2D eigenvalue weighted by Gasteiger charge is -2.14. The summed E-state index contributed by atoms with van der Waals surface area (Å²) in [5.41, 5.74) is -0.991. The van der Waals surface area contributed by atoms with Crippen molar-refractivity contribution < 1.29 is 27.2 Å². The van der Waals surface area contributed by atoms with Crippen LogP contribution < -0.4 is 5.48 Å². The van der Waals surface area contributed by atoms with Crippen molar-refractivity contribution in [2.45, 2.75) is 6.05 Å². The maximum Gasteiger partial charge on any atom is 0.352 e. The van der Waals surface area contributed by atoms with Gasteiger partial charge in [-0.1, -0.05) is 0 Å².